The lowest BCUT2D eigenvalue weighted by Crippen LogP contribution is -2.39. The summed E-state index contributed by atoms with van der Waals surface area (Å²) >= 11 is 0. The van der Waals surface area contributed by atoms with Gasteiger partial charge in [0.15, 0.2) is 0 Å². The Morgan fingerprint density at radius 1 is 1.28 bits per heavy atom. The van der Waals surface area contributed by atoms with Crippen LogP contribution in [0.5, 0.6) is 0 Å². The standard InChI is InChI=1S/C16H26N2/c1-5-14-8-6-7-13(2)15(14)18-11-9-16(3,4)17-10-12-18/h6-8,17H,5,9-12H2,1-4H3. The Morgan fingerprint density at radius 2 is 2.06 bits per heavy atom. The molecule has 0 radical (unpaired) electrons. The van der Waals surface area contributed by atoms with Gasteiger partial charge in [-0.05, 0) is 44.7 Å². The van der Waals surface area contributed by atoms with Crippen LogP contribution in [-0.2, 0) is 6.42 Å². The fraction of sp³-hybridized carbons (Fsp3) is 0.625. The first-order valence-electron chi connectivity index (χ1n) is 7.12. The molecule has 0 atom stereocenters. The molecule has 0 unspecified atom stereocenters. The predicted octanol–water partition coefficient (Wildman–Crippen LogP) is 3.14. The minimum absolute atomic E-state index is 0.268. The summed E-state index contributed by atoms with van der Waals surface area (Å²) in [6.07, 6.45) is 2.31. The van der Waals surface area contributed by atoms with Crippen LogP contribution in [0.4, 0.5) is 5.69 Å². The van der Waals surface area contributed by atoms with E-state index in [0.29, 0.717) is 0 Å². The van der Waals surface area contributed by atoms with Gasteiger partial charge in [-0.15, -0.1) is 0 Å². The number of nitrogens with zero attached hydrogens (tertiary/aromatic N) is 1. The molecule has 18 heavy (non-hydrogen) atoms. The normalized spacial score (nSPS) is 19.7. The molecule has 0 bridgehead atoms. The van der Waals surface area contributed by atoms with Crippen molar-refractivity contribution in [2.24, 2.45) is 0 Å². The van der Waals surface area contributed by atoms with Gasteiger partial charge in [0, 0.05) is 30.9 Å². The highest BCUT2D eigenvalue weighted by Gasteiger charge is 2.23. The summed E-state index contributed by atoms with van der Waals surface area (Å²) in [6, 6.07) is 6.68. The van der Waals surface area contributed by atoms with Crippen LogP contribution in [0.2, 0.25) is 0 Å². The number of aryl methyl sites for hydroxylation is 2. The number of hydrogen-bond acceptors (Lipinski definition) is 2. The van der Waals surface area contributed by atoms with Gasteiger partial charge in [0.05, 0.1) is 0 Å². The Bertz CT molecular complexity index is 410. The summed E-state index contributed by atoms with van der Waals surface area (Å²) in [7, 11) is 0. The highest BCUT2D eigenvalue weighted by atomic mass is 15.2. The second-order valence-electron chi connectivity index (χ2n) is 5.98. The maximum atomic E-state index is 3.64. The Balaban J connectivity index is 2.26. The zero-order chi connectivity index (χ0) is 13.2. The van der Waals surface area contributed by atoms with Crippen molar-refractivity contribution in [3.05, 3.63) is 29.3 Å². The molecule has 0 aliphatic carbocycles. The zero-order valence-electron chi connectivity index (χ0n) is 12.2. The predicted molar refractivity (Wildman–Crippen MR) is 79.5 cm³/mol. The molecule has 100 valence electrons. The van der Waals surface area contributed by atoms with Crippen molar-refractivity contribution in [2.45, 2.75) is 46.1 Å². The van der Waals surface area contributed by atoms with E-state index in [4.69, 9.17) is 0 Å². The van der Waals surface area contributed by atoms with E-state index in [9.17, 15) is 0 Å². The van der Waals surface area contributed by atoms with Crippen LogP contribution in [0.3, 0.4) is 0 Å². The van der Waals surface area contributed by atoms with Crippen LogP contribution in [0.25, 0.3) is 0 Å². The van der Waals surface area contributed by atoms with Crippen LogP contribution < -0.4 is 10.2 Å². The Morgan fingerprint density at radius 3 is 2.78 bits per heavy atom. The van der Waals surface area contributed by atoms with E-state index in [1.165, 1.54) is 23.2 Å². The molecule has 1 aromatic rings. The SMILES string of the molecule is CCc1cccc(C)c1N1CCNC(C)(C)CC1. The molecule has 1 heterocycles. The third-order valence-electron chi connectivity index (χ3n) is 4.01. The van der Waals surface area contributed by atoms with E-state index < -0.39 is 0 Å². The van der Waals surface area contributed by atoms with Gasteiger partial charge in [0.25, 0.3) is 0 Å². The van der Waals surface area contributed by atoms with E-state index in [1.807, 2.05) is 0 Å². The van der Waals surface area contributed by atoms with Crippen molar-refractivity contribution >= 4 is 5.69 Å². The minimum atomic E-state index is 0.268. The Labute approximate surface area is 111 Å². The second kappa shape index (κ2) is 5.31. The largest absolute Gasteiger partial charge is 0.370 e. The maximum absolute atomic E-state index is 3.64. The summed E-state index contributed by atoms with van der Waals surface area (Å²) in [5.41, 5.74) is 4.63. The second-order valence-corrected chi connectivity index (χ2v) is 5.98. The minimum Gasteiger partial charge on any atom is -0.370 e. The third kappa shape index (κ3) is 2.86. The molecule has 2 rings (SSSR count). The molecular formula is C16H26N2. The maximum Gasteiger partial charge on any atom is 0.0428 e. The van der Waals surface area contributed by atoms with Crippen molar-refractivity contribution < 1.29 is 0 Å². The summed E-state index contributed by atoms with van der Waals surface area (Å²) in [5.74, 6) is 0. The Hall–Kier alpha value is -1.02. The Kier molecular flexibility index (Phi) is 3.96. The number of rotatable bonds is 2. The molecule has 1 aromatic carbocycles. The van der Waals surface area contributed by atoms with E-state index in [1.54, 1.807) is 0 Å². The van der Waals surface area contributed by atoms with Crippen molar-refractivity contribution in [2.75, 3.05) is 24.5 Å². The number of anilines is 1. The van der Waals surface area contributed by atoms with Gasteiger partial charge < -0.3 is 10.2 Å². The van der Waals surface area contributed by atoms with E-state index in [2.05, 4.69) is 56.1 Å². The lowest BCUT2D eigenvalue weighted by molar-refractivity contribution is 0.394. The number of nitrogens with one attached hydrogen (secondary N) is 1. The molecule has 1 N–H and O–H groups in total. The lowest BCUT2D eigenvalue weighted by Gasteiger charge is -2.28. The molecular weight excluding hydrogens is 220 g/mol. The number of para-hydroxylation sites is 1. The molecule has 2 heteroatoms. The van der Waals surface area contributed by atoms with Crippen LogP contribution in [-0.4, -0.2) is 25.2 Å². The molecule has 0 aromatic heterocycles. The number of benzene rings is 1. The molecule has 1 fully saturated rings. The van der Waals surface area contributed by atoms with Gasteiger partial charge in [-0.25, -0.2) is 0 Å². The third-order valence-corrected chi connectivity index (χ3v) is 4.01. The highest BCUT2D eigenvalue weighted by Crippen LogP contribution is 2.27. The summed E-state index contributed by atoms with van der Waals surface area (Å²) < 4.78 is 0. The molecule has 2 nitrogen and oxygen atoms in total. The molecule has 0 amide bonds. The van der Waals surface area contributed by atoms with Gasteiger partial charge in [-0.1, -0.05) is 25.1 Å². The van der Waals surface area contributed by atoms with Crippen molar-refractivity contribution in [3.8, 4) is 0 Å². The van der Waals surface area contributed by atoms with Gasteiger partial charge in [-0.2, -0.15) is 0 Å². The summed E-state index contributed by atoms with van der Waals surface area (Å²) in [4.78, 5) is 2.57. The topological polar surface area (TPSA) is 15.3 Å². The monoisotopic (exact) mass is 246 g/mol. The van der Waals surface area contributed by atoms with Gasteiger partial charge in [0.2, 0.25) is 0 Å². The van der Waals surface area contributed by atoms with Crippen LogP contribution in [0, 0.1) is 6.92 Å². The molecule has 1 aliphatic heterocycles. The molecule has 1 saturated heterocycles. The fourth-order valence-corrected chi connectivity index (χ4v) is 2.83. The van der Waals surface area contributed by atoms with Crippen molar-refractivity contribution in [1.29, 1.82) is 0 Å². The molecule has 0 saturated carbocycles. The smallest absolute Gasteiger partial charge is 0.0428 e. The van der Waals surface area contributed by atoms with E-state index in [-0.39, 0.29) is 5.54 Å². The summed E-state index contributed by atoms with van der Waals surface area (Å²) in [6.45, 7) is 12.4. The quantitative estimate of drug-likeness (QED) is 0.862. The van der Waals surface area contributed by atoms with E-state index in [0.717, 1.165) is 26.1 Å². The van der Waals surface area contributed by atoms with Gasteiger partial charge >= 0.3 is 0 Å². The van der Waals surface area contributed by atoms with Crippen LogP contribution in [0.1, 0.15) is 38.3 Å². The molecule has 0 spiro atoms. The van der Waals surface area contributed by atoms with Gasteiger partial charge in [-0.3, -0.25) is 0 Å². The van der Waals surface area contributed by atoms with Crippen LogP contribution >= 0.6 is 0 Å². The first kappa shape index (κ1) is 13.4. The average Bonchev–Trinajstić information content (AvgIpc) is 2.50. The molecule has 1 aliphatic rings. The van der Waals surface area contributed by atoms with Gasteiger partial charge in [0.1, 0.15) is 0 Å². The highest BCUT2D eigenvalue weighted by molar-refractivity contribution is 5.59. The summed E-state index contributed by atoms with van der Waals surface area (Å²) in [5, 5.41) is 3.64. The van der Waals surface area contributed by atoms with Crippen molar-refractivity contribution in [3.63, 3.8) is 0 Å². The first-order chi connectivity index (χ1) is 8.53. The average molecular weight is 246 g/mol. The van der Waals surface area contributed by atoms with Crippen molar-refractivity contribution in [1.82, 2.24) is 5.32 Å². The first-order valence-corrected chi connectivity index (χ1v) is 7.12. The van der Waals surface area contributed by atoms with Crippen LogP contribution in [0.15, 0.2) is 18.2 Å². The zero-order valence-corrected chi connectivity index (χ0v) is 12.2. The lowest BCUT2D eigenvalue weighted by atomic mass is 10.0. The van der Waals surface area contributed by atoms with E-state index >= 15 is 0 Å². The number of hydrogen-bond donors (Lipinski definition) is 1. The fourth-order valence-electron chi connectivity index (χ4n) is 2.83.